The molecule has 8 heteroatoms. The molecule has 3 aromatic carbocycles. The number of Topliss-reactive ketones (excluding diaryl/α,β-unsaturated/α-hetero) is 1. The molecule has 35 heavy (non-hydrogen) atoms. The zero-order valence-electron chi connectivity index (χ0n) is 18.4. The lowest BCUT2D eigenvalue weighted by Gasteiger charge is -2.34. The first kappa shape index (κ1) is 21.6. The minimum atomic E-state index is -1.94. The van der Waals surface area contributed by atoms with Crippen LogP contribution >= 0.6 is 15.9 Å². The number of aliphatic hydroxyl groups is 1. The molecule has 1 unspecified atom stereocenters. The van der Waals surface area contributed by atoms with Gasteiger partial charge in [-0.1, -0.05) is 58.4 Å². The zero-order chi connectivity index (χ0) is 24.5. The Kier molecular flexibility index (Phi) is 4.66. The minimum absolute atomic E-state index is 0.0234. The van der Waals surface area contributed by atoms with Gasteiger partial charge in [0.1, 0.15) is 11.5 Å². The van der Waals surface area contributed by atoms with Crippen LogP contribution in [-0.2, 0) is 26.3 Å². The topological polar surface area (TPSA) is 98.2 Å². The highest BCUT2D eigenvalue weighted by Crippen LogP contribution is 2.57. The summed E-state index contributed by atoms with van der Waals surface area (Å²) in [5.74, 6) is -3.17. The first-order chi connectivity index (χ1) is 16.9. The number of nitrogens with zero attached hydrogens (tertiary/aromatic N) is 2. The van der Waals surface area contributed by atoms with Gasteiger partial charge in [0.25, 0.3) is 11.7 Å². The van der Waals surface area contributed by atoms with Gasteiger partial charge >= 0.3 is 5.91 Å². The fourth-order valence-corrected chi connectivity index (χ4v) is 5.79. The predicted molar refractivity (Wildman–Crippen MR) is 133 cm³/mol. The van der Waals surface area contributed by atoms with E-state index >= 15 is 0 Å². The van der Waals surface area contributed by atoms with Gasteiger partial charge in [0.2, 0.25) is 0 Å². The number of ketones is 1. The molecule has 0 aliphatic carbocycles. The monoisotopic (exact) mass is 530 g/mol. The lowest BCUT2D eigenvalue weighted by Crippen LogP contribution is -2.52. The number of para-hydroxylation sites is 3. The highest BCUT2D eigenvalue weighted by Gasteiger charge is 2.68. The van der Waals surface area contributed by atoms with Crippen LogP contribution in [0.3, 0.4) is 0 Å². The Balaban J connectivity index is 1.74. The molecule has 6 rings (SSSR count). The Hall–Kier alpha value is -3.91. The molecule has 0 aromatic heterocycles. The molecule has 2 N–H and O–H groups in total. The van der Waals surface area contributed by atoms with Crippen LogP contribution < -0.4 is 9.80 Å². The second kappa shape index (κ2) is 7.55. The third-order valence-electron chi connectivity index (χ3n) is 6.96. The van der Waals surface area contributed by atoms with Crippen molar-refractivity contribution in [2.24, 2.45) is 0 Å². The molecule has 3 aliphatic rings. The van der Waals surface area contributed by atoms with Crippen molar-refractivity contribution in [3.05, 3.63) is 93.5 Å². The van der Waals surface area contributed by atoms with Gasteiger partial charge in [0, 0.05) is 22.1 Å². The second-order valence-corrected chi connectivity index (χ2v) is 9.69. The normalized spacial score (nSPS) is 22.3. The summed E-state index contributed by atoms with van der Waals surface area (Å²) in [5, 5.41) is 22.2. The van der Waals surface area contributed by atoms with Gasteiger partial charge in [0.05, 0.1) is 16.9 Å². The number of fused-ring (bicyclic) bond motifs is 1. The average molecular weight is 531 g/mol. The molecular weight excluding hydrogens is 512 g/mol. The van der Waals surface area contributed by atoms with Crippen LogP contribution in [0.1, 0.15) is 23.1 Å². The van der Waals surface area contributed by atoms with E-state index in [9.17, 15) is 24.6 Å². The van der Waals surface area contributed by atoms with Gasteiger partial charge in [-0.15, -0.1) is 0 Å². The van der Waals surface area contributed by atoms with Crippen LogP contribution in [0.5, 0.6) is 5.75 Å². The summed E-state index contributed by atoms with van der Waals surface area (Å²) in [6.07, 6.45) is 1.48. The highest BCUT2D eigenvalue weighted by atomic mass is 79.9. The quantitative estimate of drug-likeness (QED) is 0.293. The van der Waals surface area contributed by atoms with Crippen molar-refractivity contribution < 1.29 is 24.6 Å². The number of amides is 2. The van der Waals surface area contributed by atoms with Gasteiger partial charge in [-0.05, 0) is 42.7 Å². The fourth-order valence-electron chi connectivity index (χ4n) is 5.53. The third kappa shape index (κ3) is 2.74. The molecule has 0 radical (unpaired) electrons. The lowest BCUT2D eigenvalue weighted by molar-refractivity contribution is -0.132. The van der Waals surface area contributed by atoms with E-state index in [1.807, 2.05) is 6.07 Å². The van der Waals surface area contributed by atoms with Gasteiger partial charge in [0.15, 0.2) is 5.54 Å². The van der Waals surface area contributed by atoms with Crippen LogP contribution in [0.25, 0.3) is 5.76 Å². The Bertz CT molecular complexity index is 1480. The van der Waals surface area contributed by atoms with Gasteiger partial charge in [-0.25, -0.2) is 0 Å². The number of aryl methyl sites for hydroxylation is 1. The summed E-state index contributed by atoms with van der Waals surface area (Å²) in [4.78, 5) is 44.2. The molecular formula is C27H19BrN2O5. The molecule has 2 amide bonds. The van der Waals surface area contributed by atoms with E-state index in [0.717, 1.165) is 27.8 Å². The van der Waals surface area contributed by atoms with E-state index in [2.05, 4.69) is 15.9 Å². The number of aromatic hydroxyl groups is 1. The summed E-state index contributed by atoms with van der Waals surface area (Å²) in [6, 6.07) is 18.1. The van der Waals surface area contributed by atoms with Crippen molar-refractivity contribution in [3.8, 4) is 5.75 Å². The standard InChI is InChI=1S/C27H19BrN2O5/c28-17-12-10-16(11-13-17)23(32)21-24(33)25(34)30(19-8-1-2-9-20(19)31)27(21)18-7-3-5-15-6-4-14-29(22(15)18)26(27)35/h1-3,5,7-13,31-32H,4,6,14H2/b23-21-. The average Bonchev–Trinajstić information content (AvgIpc) is 3.25. The molecule has 1 saturated heterocycles. The number of anilines is 2. The van der Waals surface area contributed by atoms with Gasteiger partial charge < -0.3 is 15.1 Å². The largest absolute Gasteiger partial charge is 0.507 e. The predicted octanol–water partition coefficient (Wildman–Crippen LogP) is 4.23. The van der Waals surface area contributed by atoms with Gasteiger partial charge in [-0.2, -0.15) is 0 Å². The van der Waals surface area contributed by atoms with Crippen LogP contribution in [0, 0.1) is 0 Å². The van der Waals surface area contributed by atoms with Crippen LogP contribution in [0.4, 0.5) is 11.4 Å². The maximum absolute atomic E-state index is 14.3. The maximum Gasteiger partial charge on any atom is 0.300 e. The number of halogens is 1. The summed E-state index contributed by atoms with van der Waals surface area (Å²) in [7, 11) is 0. The van der Waals surface area contributed by atoms with Crippen molar-refractivity contribution in [1.29, 1.82) is 0 Å². The number of carbonyl (C=O) groups excluding carboxylic acids is 3. The molecule has 1 atom stereocenters. The Labute approximate surface area is 209 Å². The van der Waals surface area contributed by atoms with Gasteiger partial charge in [-0.3, -0.25) is 19.3 Å². The number of phenols is 1. The smallest absolute Gasteiger partial charge is 0.300 e. The number of hydrogen-bond donors (Lipinski definition) is 2. The lowest BCUT2D eigenvalue weighted by atomic mass is 9.81. The maximum atomic E-state index is 14.3. The number of phenolic OH excluding ortho intramolecular Hbond substituents is 1. The molecule has 0 saturated carbocycles. The Morgan fingerprint density at radius 2 is 1.69 bits per heavy atom. The van der Waals surface area contributed by atoms with Crippen molar-refractivity contribution in [3.63, 3.8) is 0 Å². The number of benzene rings is 3. The van der Waals surface area contributed by atoms with Crippen LogP contribution in [-0.4, -0.2) is 34.4 Å². The molecule has 0 bridgehead atoms. The third-order valence-corrected chi connectivity index (χ3v) is 7.49. The van der Waals surface area contributed by atoms with E-state index in [-0.39, 0.29) is 17.0 Å². The van der Waals surface area contributed by atoms with Crippen LogP contribution in [0.15, 0.2) is 76.8 Å². The van der Waals surface area contributed by atoms with E-state index in [1.165, 1.54) is 12.1 Å². The fraction of sp³-hybridized carbons (Fsp3) is 0.148. The Morgan fingerprint density at radius 1 is 0.943 bits per heavy atom. The van der Waals surface area contributed by atoms with Crippen molar-refractivity contribution in [2.75, 3.05) is 16.3 Å². The SMILES string of the molecule is O=C1C(=O)N(c2ccccc2O)C2(C(=O)N3CCCc4cccc2c43)/C1=C(\O)c1ccc(Br)cc1. The number of aliphatic hydroxyl groups excluding tert-OH is 1. The molecule has 1 spiro atoms. The molecule has 3 aliphatic heterocycles. The first-order valence-corrected chi connectivity index (χ1v) is 12.0. The molecule has 3 aromatic rings. The number of carbonyl (C=O) groups is 3. The van der Waals surface area contributed by atoms with Crippen LogP contribution in [0.2, 0.25) is 0 Å². The molecule has 7 nitrogen and oxygen atoms in total. The molecule has 174 valence electrons. The van der Waals surface area contributed by atoms with Crippen molar-refractivity contribution >= 4 is 50.7 Å². The van der Waals surface area contributed by atoms with Crippen molar-refractivity contribution in [2.45, 2.75) is 18.4 Å². The highest BCUT2D eigenvalue weighted by molar-refractivity contribution is 9.10. The van der Waals surface area contributed by atoms with E-state index in [4.69, 9.17) is 0 Å². The summed E-state index contributed by atoms with van der Waals surface area (Å²) < 4.78 is 0.766. The molecule has 1 fully saturated rings. The first-order valence-electron chi connectivity index (χ1n) is 11.2. The minimum Gasteiger partial charge on any atom is -0.507 e. The summed E-state index contributed by atoms with van der Waals surface area (Å²) >= 11 is 3.35. The van der Waals surface area contributed by atoms with E-state index in [0.29, 0.717) is 23.4 Å². The van der Waals surface area contributed by atoms with Crippen molar-refractivity contribution in [1.82, 2.24) is 0 Å². The number of hydrogen-bond acceptors (Lipinski definition) is 5. The van der Waals surface area contributed by atoms with E-state index in [1.54, 1.807) is 53.4 Å². The number of rotatable bonds is 2. The molecule has 3 heterocycles. The van der Waals surface area contributed by atoms with E-state index < -0.39 is 28.9 Å². The Morgan fingerprint density at radius 3 is 2.43 bits per heavy atom. The zero-order valence-corrected chi connectivity index (χ0v) is 19.9. The summed E-state index contributed by atoms with van der Waals surface area (Å²) in [5.41, 5.74) is 0.108. The second-order valence-electron chi connectivity index (χ2n) is 8.77. The summed E-state index contributed by atoms with van der Waals surface area (Å²) in [6.45, 7) is 0.425.